The van der Waals surface area contributed by atoms with Crippen LogP contribution in [0.3, 0.4) is 0 Å². The quantitative estimate of drug-likeness (QED) is 0.619. The summed E-state index contributed by atoms with van der Waals surface area (Å²) in [6, 6.07) is 15.2. The molecule has 0 aromatic heterocycles. The summed E-state index contributed by atoms with van der Waals surface area (Å²) in [7, 11) is 1.75. The van der Waals surface area contributed by atoms with Crippen LogP contribution in [0.5, 0.6) is 0 Å². The molecule has 144 valence electrons. The number of benzene rings is 2. The Bertz CT molecular complexity index is 760. The van der Waals surface area contributed by atoms with Gasteiger partial charge in [-0.2, -0.15) is 0 Å². The molecule has 4 nitrogen and oxygen atoms in total. The third-order valence-corrected chi connectivity index (χ3v) is 4.95. The number of halogens is 1. The van der Waals surface area contributed by atoms with Crippen molar-refractivity contribution in [2.45, 2.75) is 32.4 Å². The van der Waals surface area contributed by atoms with E-state index in [0.29, 0.717) is 18.4 Å². The molecule has 2 aromatic carbocycles. The smallest absolute Gasteiger partial charge is 0.191 e. The molecule has 1 aliphatic rings. The first-order chi connectivity index (χ1) is 13.2. The van der Waals surface area contributed by atoms with Crippen molar-refractivity contribution in [1.29, 1.82) is 0 Å². The van der Waals surface area contributed by atoms with Gasteiger partial charge in [-0.25, -0.2) is 4.39 Å². The zero-order chi connectivity index (χ0) is 19.1. The van der Waals surface area contributed by atoms with Crippen LogP contribution < -0.4 is 10.6 Å². The maximum Gasteiger partial charge on any atom is 0.191 e. The first-order valence-corrected chi connectivity index (χ1v) is 9.53. The lowest BCUT2D eigenvalue weighted by Gasteiger charge is -2.32. The molecule has 2 atom stereocenters. The van der Waals surface area contributed by atoms with Gasteiger partial charge < -0.3 is 15.4 Å². The lowest BCUT2D eigenvalue weighted by molar-refractivity contribution is -0.0265. The van der Waals surface area contributed by atoms with Gasteiger partial charge in [0, 0.05) is 32.7 Å². The highest BCUT2D eigenvalue weighted by Gasteiger charge is 2.27. The molecule has 0 spiro atoms. The van der Waals surface area contributed by atoms with E-state index in [-0.39, 0.29) is 11.9 Å². The van der Waals surface area contributed by atoms with Crippen molar-refractivity contribution >= 4 is 5.96 Å². The Hall–Kier alpha value is -2.40. The van der Waals surface area contributed by atoms with E-state index in [2.05, 4.69) is 46.8 Å². The number of nitrogens with one attached hydrogen (secondary N) is 2. The molecule has 0 aliphatic carbocycles. The summed E-state index contributed by atoms with van der Waals surface area (Å²) in [5, 5.41) is 6.65. The van der Waals surface area contributed by atoms with Crippen LogP contribution in [0.4, 0.5) is 4.39 Å². The number of rotatable bonds is 5. The van der Waals surface area contributed by atoms with Crippen molar-refractivity contribution in [3.63, 3.8) is 0 Å². The van der Waals surface area contributed by atoms with Crippen LogP contribution in [-0.2, 0) is 11.3 Å². The molecule has 0 saturated carbocycles. The Kier molecular flexibility index (Phi) is 6.82. The minimum Gasteiger partial charge on any atom is -0.373 e. The summed E-state index contributed by atoms with van der Waals surface area (Å²) in [4.78, 5) is 4.28. The number of aliphatic imine (C=N–C) groups is 1. The van der Waals surface area contributed by atoms with Crippen molar-refractivity contribution in [1.82, 2.24) is 10.6 Å². The van der Waals surface area contributed by atoms with Gasteiger partial charge in [-0.3, -0.25) is 4.99 Å². The Morgan fingerprint density at radius 1 is 1.19 bits per heavy atom. The predicted molar refractivity (Wildman–Crippen MR) is 107 cm³/mol. The lowest BCUT2D eigenvalue weighted by Crippen LogP contribution is -2.41. The zero-order valence-electron chi connectivity index (χ0n) is 16.0. The van der Waals surface area contributed by atoms with Crippen LogP contribution in [-0.4, -0.2) is 26.2 Å². The fraction of sp³-hybridized carbons (Fsp3) is 0.409. The number of ether oxygens (including phenoxy) is 1. The van der Waals surface area contributed by atoms with Crippen molar-refractivity contribution in [3.8, 4) is 0 Å². The Morgan fingerprint density at radius 3 is 2.74 bits per heavy atom. The molecular weight excluding hydrogens is 341 g/mol. The second kappa shape index (κ2) is 9.51. The normalized spacial score (nSPS) is 20.3. The minimum absolute atomic E-state index is 0.105. The standard InChI is InChI=1S/C22H28FN3O/c1-16-8-10-18(11-9-16)21-19(6-4-12-27-21)15-26-22(24-2)25-14-17-5-3-7-20(23)13-17/h3,5,7-11,13,19,21H,4,6,12,14-15H2,1-2H3,(H2,24,25,26). The van der Waals surface area contributed by atoms with Gasteiger partial charge in [0.1, 0.15) is 5.82 Å². The van der Waals surface area contributed by atoms with Gasteiger partial charge in [0.2, 0.25) is 0 Å². The van der Waals surface area contributed by atoms with E-state index < -0.39 is 0 Å². The molecule has 0 bridgehead atoms. The average Bonchev–Trinajstić information content (AvgIpc) is 2.69. The highest BCUT2D eigenvalue weighted by Crippen LogP contribution is 2.33. The SMILES string of the molecule is CN=C(NCc1cccc(F)c1)NCC1CCCOC1c1ccc(C)cc1. The monoisotopic (exact) mass is 369 g/mol. The molecular formula is C22H28FN3O. The zero-order valence-corrected chi connectivity index (χ0v) is 16.0. The lowest BCUT2D eigenvalue weighted by atomic mass is 9.89. The highest BCUT2D eigenvalue weighted by atomic mass is 19.1. The van der Waals surface area contributed by atoms with Gasteiger partial charge in [-0.1, -0.05) is 42.0 Å². The predicted octanol–water partition coefficient (Wildman–Crippen LogP) is 3.97. The van der Waals surface area contributed by atoms with Crippen molar-refractivity contribution in [3.05, 3.63) is 71.0 Å². The number of guanidine groups is 1. The Labute approximate surface area is 160 Å². The summed E-state index contributed by atoms with van der Waals surface area (Å²) in [5.41, 5.74) is 3.37. The first kappa shape index (κ1) is 19.4. The second-order valence-corrected chi connectivity index (χ2v) is 7.04. The van der Waals surface area contributed by atoms with Gasteiger partial charge in [-0.05, 0) is 43.0 Å². The summed E-state index contributed by atoms with van der Waals surface area (Å²) in [6.45, 7) is 4.21. The molecule has 2 unspecified atom stereocenters. The molecule has 3 rings (SSSR count). The first-order valence-electron chi connectivity index (χ1n) is 9.53. The summed E-state index contributed by atoms with van der Waals surface area (Å²) >= 11 is 0. The third-order valence-electron chi connectivity index (χ3n) is 4.95. The average molecular weight is 369 g/mol. The van der Waals surface area contributed by atoms with Gasteiger partial charge >= 0.3 is 0 Å². The molecule has 1 saturated heterocycles. The fourth-order valence-corrected chi connectivity index (χ4v) is 3.46. The highest BCUT2D eigenvalue weighted by molar-refractivity contribution is 5.79. The number of hydrogen-bond donors (Lipinski definition) is 2. The largest absolute Gasteiger partial charge is 0.373 e. The number of hydrogen-bond acceptors (Lipinski definition) is 2. The molecule has 27 heavy (non-hydrogen) atoms. The Balaban J connectivity index is 1.56. The van der Waals surface area contributed by atoms with Crippen LogP contribution in [0.15, 0.2) is 53.5 Å². The fourth-order valence-electron chi connectivity index (χ4n) is 3.46. The van der Waals surface area contributed by atoms with Crippen LogP contribution in [0, 0.1) is 18.7 Å². The van der Waals surface area contributed by atoms with Gasteiger partial charge in [0.25, 0.3) is 0 Å². The molecule has 1 aliphatic heterocycles. The third kappa shape index (κ3) is 5.54. The summed E-state index contributed by atoms with van der Waals surface area (Å²) in [5.74, 6) is 0.874. The van der Waals surface area contributed by atoms with Crippen LogP contribution in [0.25, 0.3) is 0 Å². The Morgan fingerprint density at radius 2 is 2.00 bits per heavy atom. The topological polar surface area (TPSA) is 45.7 Å². The van der Waals surface area contributed by atoms with Crippen molar-refractivity contribution in [2.24, 2.45) is 10.9 Å². The van der Waals surface area contributed by atoms with Crippen LogP contribution in [0.1, 0.15) is 35.6 Å². The molecule has 5 heteroatoms. The summed E-state index contributed by atoms with van der Waals surface area (Å²) < 4.78 is 19.4. The van der Waals surface area contributed by atoms with Crippen LogP contribution in [0.2, 0.25) is 0 Å². The molecule has 1 fully saturated rings. The number of nitrogens with zero attached hydrogens (tertiary/aromatic N) is 1. The van der Waals surface area contributed by atoms with Crippen molar-refractivity contribution in [2.75, 3.05) is 20.2 Å². The van der Waals surface area contributed by atoms with E-state index in [1.807, 2.05) is 6.07 Å². The van der Waals surface area contributed by atoms with E-state index in [1.54, 1.807) is 13.1 Å². The van der Waals surface area contributed by atoms with Crippen molar-refractivity contribution < 1.29 is 9.13 Å². The van der Waals surface area contributed by atoms with E-state index in [1.165, 1.54) is 23.3 Å². The van der Waals surface area contributed by atoms with E-state index in [4.69, 9.17) is 4.74 Å². The summed E-state index contributed by atoms with van der Waals surface area (Å²) in [6.07, 6.45) is 2.30. The van der Waals surface area contributed by atoms with E-state index in [9.17, 15) is 4.39 Å². The number of aryl methyl sites for hydroxylation is 1. The maximum absolute atomic E-state index is 13.3. The molecule has 1 heterocycles. The maximum atomic E-state index is 13.3. The molecule has 0 amide bonds. The van der Waals surface area contributed by atoms with Gasteiger partial charge in [-0.15, -0.1) is 0 Å². The van der Waals surface area contributed by atoms with Gasteiger partial charge in [0.05, 0.1) is 6.10 Å². The van der Waals surface area contributed by atoms with Gasteiger partial charge in [0.15, 0.2) is 5.96 Å². The van der Waals surface area contributed by atoms with Crippen LogP contribution >= 0.6 is 0 Å². The van der Waals surface area contributed by atoms with E-state index >= 15 is 0 Å². The molecule has 2 N–H and O–H groups in total. The molecule has 2 aromatic rings. The minimum atomic E-state index is -0.224. The second-order valence-electron chi connectivity index (χ2n) is 7.04. The molecule has 0 radical (unpaired) electrons. The van der Waals surface area contributed by atoms with E-state index in [0.717, 1.165) is 31.6 Å².